The normalized spacial score (nSPS) is 17.4. The quantitative estimate of drug-likeness (QED) is 0.675. The summed E-state index contributed by atoms with van der Waals surface area (Å²) >= 11 is 5.00. The highest BCUT2D eigenvalue weighted by molar-refractivity contribution is 9.10. The molecule has 1 aliphatic rings. The summed E-state index contributed by atoms with van der Waals surface area (Å²) in [6.07, 6.45) is 3.15. The van der Waals surface area contributed by atoms with Gasteiger partial charge in [0.2, 0.25) is 0 Å². The zero-order chi connectivity index (χ0) is 16.0. The summed E-state index contributed by atoms with van der Waals surface area (Å²) in [5, 5.41) is 0.828. The number of ketones is 2. The fourth-order valence-electron chi connectivity index (χ4n) is 3.04. The number of carbonyl (C=O) groups excluding carboxylic acids is 2. The smallest absolute Gasteiger partial charge is 0.179 e. The first kappa shape index (κ1) is 14.8. The van der Waals surface area contributed by atoms with Gasteiger partial charge in [0.05, 0.1) is 28.4 Å². The number of halogens is 1. The molecule has 0 spiro atoms. The van der Waals surface area contributed by atoms with E-state index in [1.807, 2.05) is 35.0 Å². The Kier molecular flexibility index (Phi) is 3.66. The van der Waals surface area contributed by atoms with E-state index in [1.165, 1.54) is 0 Å². The first-order chi connectivity index (χ1) is 11.1. The molecule has 0 bridgehead atoms. The van der Waals surface area contributed by atoms with Crippen LogP contribution in [0.5, 0.6) is 0 Å². The number of hydrogen-bond donors (Lipinski definition) is 0. The van der Waals surface area contributed by atoms with Gasteiger partial charge in [0.25, 0.3) is 0 Å². The molecule has 0 amide bonds. The van der Waals surface area contributed by atoms with E-state index < -0.39 is 0 Å². The van der Waals surface area contributed by atoms with E-state index in [0.717, 1.165) is 19.7 Å². The molecule has 3 aromatic rings. The minimum atomic E-state index is -0.253. The van der Waals surface area contributed by atoms with Crippen LogP contribution in [0.1, 0.15) is 34.4 Å². The van der Waals surface area contributed by atoms with Crippen LogP contribution in [0.4, 0.5) is 0 Å². The first-order valence-corrected chi connectivity index (χ1v) is 9.00. The third-order valence-electron chi connectivity index (χ3n) is 4.14. The summed E-state index contributed by atoms with van der Waals surface area (Å²) in [6, 6.07) is 9.28. The van der Waals surface area contributed by atoms with Gasteiger partial charge in [-0.25, -0.2) is 4.98 Å². The fraction of sp³-hybridized carbons (Fsp3) is 0.235. The van der Waals surface area contributed by atoms with Crippen molar-refractivity contribution in [3.8, 4) is 0 Å². The van der Waals surface area contributed by atoms with Crippen molar-refractivity contribution in [3.63, 3.8) is 0 Å². The van der Waals surface area contributed by atoms with Gasteiger partial charge >= 0.3 is 0 Å². The Morgan fingerprint density at radius 1 is 1.39 bits per heavy atom. The average molecular weight is 389 g/mol. The second-order valence-electron chi connectivity index (χ2n) is 5.64. The molecule has 0 radical (unpaired) electrons. The third kappa shape index (κ3) is 2.66. The van der Waals surface area contributed by atoms with Crippen molar-refractivity contribution in [1.29, 1.82) is 0 Å². The Bertz CT molecular complexity index is 928. The van der Waals surface area contributed by atoms with Crippen LogP contribution in [0, 0.1) is 0 Å². The third-order valence-corrected chi connectivity index (χ3v) is 5.65. The van der Waals surface area contributed by atoms with Crippen molar-refractivity contribution in [1.82, 2.24) is 9.55 Å². The number of aromatic nitrogens is 2. The maximum atomic E-state index is 12.7. The summed E-state index contributed by atoms with van der Waals surface area (Å²) in [4.78, 5) is 29.1. The van der Waals surface area contributed by atoms with E-state index in [0.29, 0.717) is 25.0 Å². The van der Waals surface area contributed by atoms with Gasteiger partial charge in [0.15, 0.2) is 11.6 Å². The van der Waals surface area contributed by atoms with E-state index >= 15 is 0 Å². The molecular weight excluding hydrogens is 376 g/mol. The van der Waals surface area contributed by atoms with Crippen molar-refractivity contribution >= 4 is 49.0 Å². The molecule has 1 unspecified atom stereocenters. The maximum absolute atomic E-state index is 12.7. The number of nitrogens with zero attached hydrogens (tertiary/aromatic N) is 2. The SMILES string of the molecule is O=C1CCC(C(=O)Cc2nc3ccc(Br)cc3s2)n2cccc21. The van der Waals surface area contributed by atoms with E-state index in [-0.39, 0.29) is 17.6 Å². The largest absolute Gasteiger partial charge is 0.335 e. The van der Waals surface area contributed by atoms with E-state index in [2.05, 4.69) is 20.9 Å². The molecule has 1 atom stereocenters. The molecule has 6 heteroatoms. The Morgan fingerprint density at radius 2 is 2.26 bits per heavy atom. The molecule has 23 heavy (non-hydrogen) atoms. The molecular formula is C17H13BrN2O2S. The van der Waals surface area contributed by atoms with Crippen molar-refractivity contribution in [2.75, 3.05) is 0 Å². The Labute approximate surface area is 145 Å². The number of fused-ring (bicyclic) bond motifs is 2. The second-order valence-corrected chi connectivity index (χ2v) is 7.67. The molecule has 2 aromatic heterocycles. The van der Waals surface area contributed by atoms with E-state index in [9.17, 15) is 9.59 Å². The molecule has 0 aliphatic carbocycles. The predicted molar refractivity (Wildman–Crippen MR) is 93.1 cm³/mol. The molecule has 0 N–H and O–H groups in total. The van der Waals surface area contributed by atoms with Crippen molar-refractivity contribution in [2.24, 2.45) is 0 Å². The van der Waals surface area contributed by atoms with Crippen LogP contribution in [0.3, 0.4) is 0 Å². The summed E-state index contributed by atoms with van der Waals surface area (Å²) in [6.45, 7) is 0. The van der Waals surface area contributed by atoms with Crippen LogP contribution >= 0.6 is 27.3 Å². The summed E-state index contributed by atoms with van der Waals surface area (Å²) in [7, 11) is 0. The van der Waals surface area contributed by atoms with Crippen molar-refractivity contribution in [3.05, 3.63) is 51.7 Å². The van der Waals surface area contributed by atoms with Crippen LogP contribution in [-0.4, -0.2) is 21.1 Å². The molecule has 0 saturated carbocycles. The lowest BCUT2D eigenvalue weighted by molar-refractivity contribution is -0.121. The molecule has 4 rings (SSSR count). The van der Waals surface area contributed by atoms with E-state index in [1.54, 1.807) is 17.4 Å². The first-order valence-electron chi connectivity index (χ1n) is 7.39. The molecule has 116 valence electrons. The average Bonchev–Trinajstić information content (AvgIpc) is 3.13. The Hall–Kier alpha value is -1.79. The Morgan fingerprint density at radius 3 is 3.13 bits per heavy atom. The number of rotatable bonds is 3. The molecule has 0 saturated heterocycles. The monoisotopic (exact) mass is 388 g/mol. The van der Waals surface area contributed by atoms with Gasteiger partial charge in [-0.2, -0.15) is 0 Å². The van der Waals surface area contributed by atoms with Gasteiger partial charge in [-0.15, -0.1) is 11.3 Å². The van der Waals surface area contributed by atoms with Gasteiger partial charge in [-0.05, 0) is 36.8 Å². The van der Waals surface area contributed by atoms with Crippen LogP contribution in [0.2, 0.25) is 0 Å². The van der Waals surface area contributed by atoms with Crippen LogP contribution < -0.4 is 0 Å². The van der Waals surface area contributed by atoms with Gasteiger partial charge in [-0.1, -0.05) is 15.9 Å². The highest BCUT2D eigenvalue weighted by atomic mass is 79.9. The zero-order valence-corrected chi connectivity index (χ0v) is 14.6. The number of benzene rings is 1. The van der Waals surface area contributed by atoms with Gasteiger partial charge in [-0.3, -0.25) is 9.59 Å². The van der Waals surface area contributed by atoms with Crippen molar-refractivity contribution in [2.45, 2.75) is 25.3 Å². The number of carbonyl (C=O) groups is 2. The van der Waals surface area contributed by atoms with E-state index in [4.69, 9.17) is 0 Å². The van der Waals surface area contributed by atoms with Gasteiger partial charge in [0, 0.05) is 17.1 Å². The van der Waals surface area contributed by atoms with Crippen LogP contribution in [0.15, 0.2) is 41.0 Å². The number of hydrogen-bond acceptors (Lipinski definition) is 4. The number of Topliss-reactive ketones (excluding diaryl/α,β-unsaturated/α-hetero) is 2. The van der Waals surface area contributed by atoms with Gasteiger partial charge < -0.3 is 4.57 Å². The fourth-order valence-corrected chi connectivity index (χ4v) is 4.57. The lowest BCUT2D eigenvalue weighted by Crippen LogP contribution is -2.28. The highest BCUT2D eigenvalue weighted by Gasteiger charge is 2.29. The van der Waals surface area contributed by atoms with Crippen LogP contribution in [0.25, 0.3) is 10.2 Å². The molecule has 3 heterocycles. The maximum Gasteiger partial charge on any atom is 0.179 e. The van der Waals surface area contributed by atoms with Gasteiger partial charge in [0.1, 0.15) is 5.01 Å². The number of thiazole rings is 1. The molecule has 4 nitrogen and oxygen atoms in total. The lowest BCUT2D eigenvalue weighted by atomic mass is 9.97. The standard InChI is InChI=1S/C17H13BrN2O2S/c18-10-3-4-11-16(8-10)23-17(19-11)9-15(22)13-5-6-14(21)12-2-1-7-20(12)13/h1-4,7-8,13H,5-6,9H2. The molecule has 0 fully saturated rings. The highest BCUT2D eigenvalue weighted by Crippen LogP contribution is 2.30. The summed E-state index contributed by atoms with van der Waals surface area (Å²) in [5.41, 5.74) is 1.56. The van der Waals surface area contributed by atoms with Crippen molar-refractivity contribution < 1.29 is 9.59 Å². The topological polar surface area (TPSA) is 52.0 Å². The molecule has 1 aromatic carbocycles. The lowest BCUT2D eigenvalue weighted by Gasteiger charge is -2.24. The minimum absolute atomic E-state index is 0.115. The predicted octanol–water partition coefficient (Wildman–Crippen LogP) is 4.19. The zero-order valence-electron chi connectivity index (χ0n) is 12.2. The molecule has 1 aliphatic heterocycles. The minimum Gasteiger partial charge on any atom is -0.335 e. The summed E-state index contributed by atoms with van der Waals surface area (Å²) in [5.74, 6) is 0.233. The second kappa shape index (κ2) is 5.69. The Balaban J connectivity index is 1.60. The summed E-state index contributed by atoms with van der Waals surface area (Å²) < 4.78 is 3.90. The van der Waals surface area contributed by atoms with Crippen LogP contribution in [-0.2, 0) is 11.2 Å².